The number of hydrogen-bond acceptors (Lipinski definition) is 5. The minimum absolute atomic E-state index is 0.328. The molecule has 2 saturated heterocycles. The number of amides is 1. The number of para-hydroxylation sites is 1. The highest BCUT2D eigenvalue weighted by Gasteiger charge is 2.50. The van der Waals surface area contributed by atoms with E-state index >= 15 is 0 Å². The number of ether oxygens (including phenoxy) is 1. The normalized spacial score (nSPS) is 23.6. The van der Waals surface area contributed by atoms with Crippen molar-refractivity contribution in [3.8, 4) is 5.75 Å². The summed E-state index contributed by atoms with van der Waals surface area (Å²) in [6.45, 7) is 3.31. The van der Waals surface area contributed by atoms with Crippen molar-refractivity contribution < 1.29 is 9.53 Å². The van der Waals surface area contributed by atoms with E-state index in [0.717, 1.165) is 24.5 Å². The van der Waals surface area contributed by atoms with Gasteiger partial charge in [-0.15, -0.1) is 0 Å². The van der Waals surface area contributed by atoms with Crippen LogP contribution in [0.4, 0.5) is 5.69 Å². The number of aromatic nitrogens is 1. The molecule has 6 nitrogen and oxygen atoms in total. The van der Waals surface area contributed by atoms with Gasteiger partial charge in [-0.1, -0.05) is 18.2 Å². The molecule has 1 atom stereocenters. The van der Waals surface area contributed by atoms with Crippen LogP contribution in [0.25, 0.3) is 0 Å². The molecule has 6 heteroatoms. The lowest BCUT2D eigenvalue weighted by atomic mass is 9.60. The molecule has 0 bridgehead atoms. The van der Waals surface area contributed by atoms with Crippen molar-refractivity contribution >= 4 is 11.6 Å². The number of piperidine rings is 1. The first-order valence-electron chi connectivity index (χ1n) is 11.5. The minimum Gasteiger partial charge on any atom is -0.496 e. The Bertz CT molecular complexity index is 929. The van der Waals surface area contributed by atoms with Gasteiger partial charge in [0.25, 0.3) is 5.91 Å². The summed E-state index contributed by atoms with van der Waals surface area (Å²) in [4.78, 5) is 20.6. The highest BCUT2D eigenvalue weighted by molar-refractivity contribution is 5.90. The number of nitrogens with two attached hydrogens (primary N) is 1. The van der Waals surface area contributed by atoms with Gasteiger partial charge >= 0.3 is 0 Å². The number of anilines is 1. The summed E-state index contributed by atoms with van der Waals surface area (Å²) in [6.07, 6.45) is 9.36. The second-order valence-corrected chi connectivity index (χ2v) is 9.45. The summed E-state index contributed by atoms with van der Waals surface area (Å²) >= 11 is 0. The van der Waals surface area contributed by atoms with Gasteiger partial charge in [0.15, 0.2) is 0 Å². The van der Waals surface area contributed by atoms with Gasteiger partial charge < -0.3 is 15.4 Å². The second-order valence-electron chi connectivity index (χ2n) is 9.45. The molecule has 0 radical (unpaired) electrons. The first-order valence-corrected chi connectivity index (χ1v) is 11.5. The van der Waals surface area contributed by atoms with Crippen molar-refractivity contribution in [1.29, 1.82) is 0 Å². The van der Waals surface area contributed by atoms with Crippen molar-refractivity contribution in [1.82, 2.24) is 9.88 Å². The van der Waals surface area contributed by atoms with Crippen LogP contribution in [-0.4, -0.2) is 48.6 Å². The average molecular weight is 421 g/mol. The zero-order valence-electron chi connectivity index (χ0n) is 18.3. The van der Waals surface area contributed by atoms with Gasteiger partial charge in [-0.05, 0) is 68.7 Å². The number of benzene rings is 1. The Morgan fingerprint density at radius 3 is 2.58 bits per heavy atom. The third kappa shape index (κ3) is 3.78. The Morgan fingerprint density at radius 1 is 1.13 bits per heavy atom. The lowest BCUT2D eigenvalue weighted by molar-refractivity contribution is -0.0229. The summed E-state index contributed by atoms with van der Waals surface area (Å²) in [5.74, 6) is 0.552. The number of likely N-dealkylation sites (tertiary alicyclic amines) is 1. The minimum atomic E-state index is -0.474. The van der Waals surface area contributed by atoms with E-state index in [1.165, 1.54) is 50.6 Å². The molecule has 1 aliphatic carbocycles. The van der Waals surface area contributed by atoms with Crippen LogP contribution in [-0.2, 0) is 0 Å². The molecule has 2 N–H and O–H groups in total. The van der Waals surface area contributed by atoms with Gasteiger partial charge in [0.2, 0.25) is 0 Å². The van der Waals surface area contributed by atoms with E-state index < -0.39 is 5.91 Å². The van der Waals surface area contributed by atoms with Gasteiger partial charge in [-0.2, -0.15) is 0 Å². The van der Waals surface area contributed by atoms with Crippen LogP contribution in [0.1, 0.15) is 60.6 Å². The monoisotopic (exact) mass is 420 g/mol. The van der Waals surface area contributed by atoms with Gasteiger partial charge in [0.1, 0.15) is 11.4 Å². The molecule has 1 spiro atoms. The Kier molecular flexibility index (Phi) is 5.34. The largest absolute Gasteiger partial charge is 0.496 e. The number of methoxy groups -OCH3 is 1. The Labute approximate surface area is 184 Å². The third-order valence-corrected chi connectivity index (χ3v) is 7.79. The number of primary amides is 1. The lowest BCUT2D eigenvalue weighted by Gasteiger charge is -2.56. The van der Waals surface area contributed by atoms with E-state index in [2.05, 4.69) is 39.0 Å². The van der Waals surface area contributed by atoms with Gasteiger partial charge in [0, 0.05) is 30.7 Å². The second kappa shape index (κ2) is 8.15. The molecule has 1 amide bonds. The number of nitrogens with zero attached hydrogens (tertiary/aromatic N) is 3. The number of carbonyl (C=O) groups is 1. The zero-order valence-corrected chi connectivity index (χ0v) is 18.3. The Balaban J connectivity index is 1.19. The van der Waals surface area contributed by atoms with Crippen LogP contribution in [0.5, 0.6) is 5.75 Å². The van der Waals surface area contributed by atoms with E-state index in [0.29, 0.717) is 23.2 Å². The average Bonchev–Trinajstić information content (AvgIpc) is 3.27. The molecule has 31 heavy (non-hydrogen) atoms. The fraction of sp³-hybridized carbons (Fsp3) is 0.520. The predicted molar refractivity (Wildman–Crippen MR) is 121 cm³/mol. The van der Waals surface area contributed by atoms with Gasteiger partial charge in [0.05, 0.1) is 19.0 Å². The van der Waals surface area contributed by atoms with Gasteiger partial charge in [-0.3, -0.25) is 9.69 Å². The van der Waals surface area contributed by atoms with E-state index in [-0.39, 0.29) is 0 Å². The maximum Gasteiger partial charge on any atom is 0.267 e. The molecule has 2 aromatic rings. The van der Waals surface area contributed by atoms with E-state index in [4.69, 9.17) is 10.5 Å². The Hall–Kier alpha value is -2.60. The smallest absolute Gasteiger partial charge is 0.267 e. The maximum absolute atomic E-state index is 11.2. The topological polar surface area (TPSA) is 71.7 Å². The van der Waals surface area contributed by atoms with Crippen molar-refractivity contribution in [2.75, 3.05) is 31.6 Å². The van der Waals surface area contributed by atoms with Gasteiger partial charge in [-0.25, -0.2) is 4.98 Å². The number of pyridine rings is 1. The summed E-state index contributed by atoms with van der Waals surface area (Å²) in [5.41, 5.74) is 8.57. The molecule has 0 unspecified atom stereocenters. The Morgan fingerprint density at radius 2 is 1.90 bits per heavy atom. The molecule has 164 valence electrons. The molecule has 3 heterocycles. The molecular formula is C25H32N4O2. The number of hydrogen-bond donors (Lipinski definition) is 1. The number of rotatable bonds is 5. The van der Waals surface area contributed by atoms with Crippen LogP contribution >= 0.6 is 0 Å². The molecule has 3 aliphatic rings. The van der Waals surface area contributed by atoms with E-state index in [1.54, 1.807) is 19.4 Å². The fourth-order valence-electron chi connectivity index (χ4n) is 6.04. The van der Waals surface area contributed by atoms with Crippen molar-refractivity contribution in [3.05, 3.63) is 53.9 Å². The lowest BCUT2D eigenvalue weighted by Crippen LogP contribution is -2.54. The highest BCUT2D eigenvalue weighted by atomic mass is 16.5. The van der Waals surface area contributed by atoms with Crippen molar-refractivity contribution in [2.45, 2.75) is 50.6 Å². The first kappa shape index (κ1) is 20.3. The highest BCUT2D eigenvalue weighted by Crippen LogP contribution is 2.54. The summed E-state index contributed by atoms with van der Waals surface area (Å²) < 4.78 is 5.66. The van der Waals surface area contributed by atoms with Crippen LogP contribution in [0, 0.1) is 5.41 Å². The molecule has 2 aliphatic heterocycles. The third-order valence-electron chi connectivity index (χ3n) is 7.79. The van der Waals surface area contributed by atoms with Crippen LogP contribution in [0.2, 0.25) is 0 Å². The number of carbonyl (C=O) groups excluding carboxylic acids is 1. The summed E-state index contributed by atoms with van der Waals surface area (Å²) in [6, 6.07) is 13.4. The predicted octanol–water partition coefficient (Wildman–Crippen LogP) is 3.78. The summed E-state index contributed by atoms with van der Waals surface area (Å²) in [7, 11) is 1.78. The van der Waals surface area contributed by atoms with Crippen molar-refractivity contribution in [2.24, 2.45) is 11.1 Å². The van der Waals surface area contributed by atoms with Crippen LogP contribution in [0.3, 0.4) is 0 Å². The van der Waals surface area contributed by atoms with E-state index in [1.807, 2.05) is 6.07 Å². The molecule has 1 aromatic carbocycles. The fourth-order valence-corrected chi connectivity index (χ4v) is 6.04. The standard InChI is InChI=1S/C25H32N4O2/c1-31-23-7-3-2-5-20(23)22-6-4-12-29(22)19-15-25(16-19)10-13-28(14-11-25)18-8-9-21(24(26)30)27-17-18/h2-3,5,7-9,17,19,22H,4,6,10-16H2,1H3,(H2,26,30)/t22-/m0/s1. The van der Waals surface area contributed by atoms with E-state index in [9.17, 15) is 4.79 Å². The SMILES string of the molecule is COc1ccccc1[C@@H]1CCCN1C1CC2(CCN(c3ccc(C(N)=O)nc3)CC2)C1. The molecule has 3 fully saturated rings. The quantitative estimate of drug-likeness (QED) is 0.797. The molecule has 5 rings (SSSR count). The maximum atomic E-state index is 11.2. The van der Waals surface area contributed by atoms with Crippen molar-refractivity contribution in [3.63, 3.8) is 0 Å². The summed E-state index contributed by atoms with van der Waals surface area (Å²) in [5, 5.41) is 0. The first-order chi connectivity index (χ1) is 15.1. The zero-order chi connectivity index (χ0) is 21.4. The van der Waals surface area contributed by atoms with Crippen LogP contribution < -0.4 is 15.4 Å². The molecular weight excluding hydrogens is 388 g/mol. The molecule has 1 saturated carbocycles. The van der Waals surface area contributed by atoms with Crippen LogP contribution in [0.15, 0.2) is 42.6 Å². The molecule has 1 aromatic heterocycles.